The highest BCUT2D eigenvalue weighted by molar-refractivity contribution is 5.33. The Bertz CT molecular complexity index is 366. The van der Waals surface area contributed by atoms with Crippen LogP contribution in [0, 0.1) is 0 Å². The molecular formula is C16H26N2O. The third-order valence-corrected chi connectivity index (χ3v) is 2.89. The summed E-state index contributed by atoms with van der Waals surface area (Å²) in [5.74, 6) is 0.984. The predicted octanol–water partition coefficient (Wildman–Crippen LogP) is 2.68. The number of nitrogens with zero attached hydrogens (tertiary/aromatic N) is 1. The Morgan fingerprint density at radius 2 is 2.16 bits per heavy atom. The lowest BCUT2D eigenvalue weighted by Gasteiger charge is -2.16. The molecule has 1 rings (SSSR count). The highest BCUT2D eigenvalue weighted by atomic mass is 16.5. The summed E-state index contributed by atoms with van der Waals surface area (Å²) in [6.45, 7) is 10.3. The van der Waals surface area contributed by atoms with Gasteiger partial charge in [-0.15, -0.1) is 6.58 Å². The van der Waals surface area contributed by atoms with Gasteiger partial charge in [-0.1, -0.05) is 31.2 Å². The van der Waals surface area contributed by atoms with Gasteiger partial charge in [0, 0.05) is 25.2 Å². The van der Waals surface area contributed by atoms with E-state index in [1.54, 1.807) is 0 Å². The normalized spacial score (nSPS) is 10.7. The summed E-state index contributed by atoms with van der Waals surface area (Å²) in [7, 11) is 2.07. The molecule has 0 spiro atoms. The summed E-state index contributed by atoms with van der Waals surface area (Å²) in [6, 6.07) is 8.23. The van der Waals surface area contributed by atoms with E-state index in [4.69, 9.17) is 4.74 Å². The number of rotatable bonds is 10. The summed E-state index contributed by atoms with van der Waals surface area (Å²) in [5.41, 5.74) is 1.22. The van der Waals surface area contributed by atoms with Crippen LogP contribution in [0.15, 0.2) is 36.9 Å². The zero-order valence-corrected chi connectivity index (χ0v) is 12.2. The lowest BCUT2D eigenvalue weighted by Crippen LogP contribution is -2.24. The second-order valence-electron chi connectivity index (χ2n) is 4.68. The fraction of sp³-hybridized carbons (Fsp3) is 0.500. The van der Waals surface area contributed by atoms with Gasteiger partial charge in [-0.2, -0.15) is 0 Å². The lowest BCUT2D eigenvalue weighted by molar-refractivity contribution is 0.248. The van der Waals surface area contributed by atoms with E-state index in [9.17, 15) is 0 Å². The number of likely N-dealkylation sites (N-methyl/N-ethyl adjacent to an activating group) is 1. The van der Waals surface area contributed by atoms with Gasteiger partial charge in [-0.05, 0) is 26.1 Å². The molecule has 0 aliphatic heterocycles. The number of benzene rings is 1. The van der Waals surface area contributed by atoms with Crippen molar-refractivity contribution in [2.45, 2.75) is 19.9 Å². The topological polar surface area (TPSA) is 24.5 Å². The van der Waals surface area contributed by atoms with E-state index in [0.29, 0.717) is 6.61 Å². The molecule has 1 aromatic carbocycles. The number of para-hydroxylation sites is 1. The zero-order chi connectivity index (χ0) is 13.9. The summed E-state index contributed by atoms with van der Waals surface area (Å²) in [5, 5.41) is 3.41. The maximum Gasteiger partial charge on any atom is 0.123 e. The fourth-order valence-electron chi connectivity index (χ4n) is 1.81. The van der Waals surface area contributed by atoms with Gasteiger partial charge >= 0.3 is 0 Å². The number of hydrogen-bond acceptors (Lipinski definition) is 3. The standard InChI is InChI=1S/C16H26N2O/c1-4-10-17-14-15-8-6-7-9-16(15)19-13-12-18(3)11-5-2/h5-9,17H,2,4,10-14H2,1,3H3. The van der Waals surface area contributed by atoms with Crippen LogP contribution < -0.4 is 10.1 Å². The van der Waals surface area contributed by atoms with Gasteiger partial charge in [0.15, 0.2) is 0 Å². The molecule has 106 valence electrons. The first kappa shape index (κ1) is 15.7. The van der Waals surface area contributed by atoms with Crippen molar-refractivity contribution in [1.82, 2.24) is 10.2 Å². The smallest absolute Gasteiger partial charge is 0.123 e. The van der Waals surface area contributed by atoms with Crippen LogP contribution in [0.25, 0.3) is 0 Å². The van der Waals surface area contributed by atoms with E-state index in [2.05, 4.69) is 42.9 Å². The van der Waals surface area contributed by atoms with Crippen molar-refractivity contribution in [1.29, 1.82) is 0 Å². The molecule has 1 N–H and O–H groups in total. The van der Waals surface area contributed by atoms with Crippen LogP contribution in [0.2, 0.25) is 0 Å². The first-order valence-corrected chi connectivity index (χ1v) is 6.98. The Kier molecular flexibility index (Phi) is 7.94. The molecule has 1 aromatic rings. The fourth-order valence-corrected chi connectivity index (χ4v) is 1.81. The van der Waals surface area contributed by atoms with Crippen molar-refractivity contribution in [2.75, 3.05) is 33.3 Å². The van der Waals surface area contributed by atoms with Gasteiger partial charge in [0.1, 0.15) is 12.4 Å². The van der Waals surface area contributed by atoms with Crippen molar-refractivity contribution >= 4 is 0 Å². The van der Waals surface area contributed by atoms with E-state index in [1.807, 2.05) is 18.2 Å². The molecule has 19 heavy (non-hydrogen) atoms. The quantitative estimate of drug-likeness (QED) is 0.518. The minimum absolute atomic E-state index is 0.704. The number of ether oxygens (including phenoxy) is 1. The van der Waals surface area contributed by atoms with Crippen LogP contribution in [0.5, 0.6) is 5.75 Å². The summed E-state index contributed by atoms with van der Waals surface area (Å²) in [6.07, 6.45) is 3.05. The van der Waals surface area contributed by atoms with Crippen molar-refractivity contribution in [3.8, 4) is 5.75 Å². The van der Waals surface area contributed by atoms with Crippen molar-refractivity contribution in [3.63, 3.8) is 0 Å². The molecule has 0 aliphatic carbocycles. The molecule has 0 bridgehead atoms. The van der Waals surface area contributed by atoms with Crippen LogP contribution in [0.1, 0.15) is 18.9 Å². The minimum Gasteiger partial charge on any atom is -0.492 e. The van der Waals surface area contributed by atoms with Gasteiger partial charge in [-0.25, -0.2) is 0 Å². The largest absolute Gasteiger partial charge is 0.492 e. The van der Waals surface area contributed by atoms with E-state index in [1.165, 1.54) is 5.56 Å². The monoisotopic (exact) mass is 262 g/mol. The molecule has 0 aromatic heterocycles. The zero-order valence-electron chi connectivity index (χ0n) is 12.2. The van der Waals surface area contributed by atoms with E-state index in [-0.39, 0.29) is 0 Å². The Morgan fingerprint density at radius 3 is 2.89 bits per heavy atom. The highest BCUT2D eigenvalue weighted by Crippen LogP contribution is 2.17. The second-order valence-corrected chi connectivity index (χ2v) is 4.68. The predicted molar refractivity (Wildman–Crippen MR) is 81.6 cm³/mol. The molecule has 3 heteroatoms. The molecule has 0 aliphatic rings. The van der Waals surface area contributed by atoms with E-state index >= 15 is 0 Å². The molecule has 0 fully saturated rings. The molecule has 0 unspecified atom stereocenters. The van der Waals surface area contributed by atoms with Crippen LogP contribution in [0.3, 0.4) is 0 Å². The maximum atomic E-state index is 5.87. The molecule has 0 amide bonds. The molecule has 0 saturated heterocycles. The summed E-state index contributed by atoms with van der Waals surface area (Å²) >= 11 is 0. The van der Waals surface area contributed by atoms with Gasteiger partial charge in [0.25, 0.3) is 0 Å². The van der Waals surface area contributed by atoms with Crippen molar-refractivity contribution in [2.24, 2.45) is 0 Å². The Labute approximate surface area is 117 Å². The molecule has 0 atom stereocenters. The molecule has 0 heterocycles. The Balaban J connectivity index is 2.41. The summed E-state index contributed by atoms with van der Waals surface area (Å²) < 4.78 is 5.87. The Morgan fingerprint density at radius 1 is 1.37 bits per heavy atom. The number of hydrogen-bond donors (Lipinski definition) is 1. The van der Waals surface area contributed by atoms with Gasteiger partial charge < -0.3 is 10.1 Å². The van der Waals surface area contributed by atoms with Crippen LogP contribution in [0.4, 0.5) is 0 Å². The van der Waals surface area contributed by atoms with Crippen molar-refractivity contribution < 1.29 is 4.74 Å². The van der Waals surface area contributed by atoms with Crippen LogP contribution >= 0.6 is 0 Å². The van der Waals surface area contributed by atoms with Crippen molar-refractivity contribution in [3.05, 3.63) is 42.5 Å². The molecule has 0 saturated carbocycles. The average molecular weight is 262 g/mol. The maximum absolute atomic E-state index is 5.87. The van der Waals surface area contributed by atoms with Gasteiger partial charge in [0.2, 0.25) is 0 Å². The summed E-state index contributed by atoms with van der Waals surface area (Å²) in [4.78, 5) is 2.19. The third-order valence-electron chi connectivity index (χ3n) is 2.89. The average Bonchev–Trinajstić information content (AvgIpc) is 2.41. The lowest BCUT2D eigenvalue weighted by atomic mass is 10.2. The molecule has 0 radical (unpaired) electrons. The first-order valence-electron chi connectivity index (χ1n) is 6.98. The van der Waals surface area contributed by atoms with Crippen LogP contribution in [-0.4, -0.2) is 38.2 Å². The third kappa shape index (κ3) is 6.41. The molecule has 3 nitrogen and oxygen atoms in total. The van der Waals surface area contributed by atoms with Crippen LogP contribution in [-0.2, 0) is 6.54 Å². The van der Waals surface area contributed by atoms with Gasteiger partial charge in [-0.3, -0.25) is 4.90 Å². The van der Waals surface area contributed by atoms with E-state index < -0.39 is 0 Å². The number of nitrogens with one attached hydrogen (secondary N) is 1. The second kappa shape index (κ2) is 9.59. The molecular weight excluding hydrogens is 236 g/mol. The Hall–Kier alpha value is -1.32. The SMILES string of the molecule is C=CCN(C)CCOc1ccccc1CNCCC. The minimum atomic E-state index is 0.704. The van der Waals surface area contributed by atoms with E-state index in [0.717, 1.165) is 38.3 Å². The first-order chi connectivity index (χ1) is 9.27. The van der Waals surface area contributed by atoms with Gasteiger partial charge in [0.05, 0.1) is 0 Å². The highest BCUT2D eigenvalue weighted by Gasteiger charge is 2.03.